The Hall–Kier alpha value is -5.03. The number of anilines is 2. The van der Waals surface area contributed by atoms with E-state index >= 15 is 0 Å². The monoisotopic (exact) mass is 659 g/mol. The van der Waals surface area contributed by atoms with Gasteiger partial charge in [0.25, 0.3) is 10.0 Å². The Bertz CT molecular complexity index is 1790. The van der Waals surface area contributed by atoms with Crippen molar-refractivity contribution in [1.29, 1.82) is 0 Å². The van der Waals surface area contributed by atoms with Crippen molar-refractivity contribution in [2.45, 2.75) is 44.7 Å². The molecule has 0 fully saturated rings. The first-order valence-electron chi connectivity index (χ1n) is 15.2. The molecule has 11 heteroatoms. The third-order valence-electron chi connectivity index (χ3n) is 6.92. The number of rotatable bonds is 13. The minimum Gasteiger partial charge on any atom is -0.495 e. The van der Waals surface area contributed by atoms with Crippen molar-refractivity contribution in [3.05, 3.63) is 108 Å². The maximum atomic E-state index is 13.9. The van der Waals surface area contributed by atoms with Crippen molar-refractivity contribution in [3.8, 4) is 16.9 Å². The number of hydrogen-bond acceptors (Lipinski definition) is 8. The highest BCUT2D eigenvalue weighted by Gasteiger charge is 2.23. The molecule has 0 radical (unpaired) electrons. The van der Waals surface area contributed by atoms with Crippen LogP contribution in [0.1, 0.15) is 43.6 Å². The van der Waals surface area contributed by atoms with Gasteiger partial charge in [0.2, 0.25) is 0 Å². The fourth-order valence-corrected chi connectivity index (χ4v) is 6.11. The molecule has 0 atom stereocenters. The lowest BCUT2D eigenvalue weighted by molar-refractivity contribution is 0.0517. The van der Waals surface area contributed by atoms with Crippen LogP contribution in [-0.4, -0.2) is 52.9 Å². The number of benzene rings is 4. The van der Waals surface area contributed by atoms with E-state index < -0.39 is 27.7 Å². The van der Waals surface area contributed by atoms with E-state index in [2.05, 4.69) is 10.0 Å². The summed E-state index contributed by atoms with van der Waals surface area (Å²) in [7, 11) is -2.76. The quantitative estimate of drug-likeness (QED) is 0.149. The molecule has 4 rings (SSSR count). The van der Waals surface area contributed by atoms with Gasteiger partial charge in [-0.1, -0.05) is 60.7 Å². The SMILES string of the molecule is CCOC(=O)c1ccccc1-c1ccc(OC)c(S(=O)(=O)Nc2cccc(N(CCNC(=O)OC(C)(C)C)Cc3ccccc3)c2)c1. The Kier molecular flexibility index (Phi) is 11.5. The standard InChI is InChI=1S/C36H41N3O7S/c1-6-45-34(40)31-18-11-10-17-30(31)27-19-20-32(44-5)33(23-27)47(42,43)38-28-15-12-16-29(24-28)39(25-26-13-8-7-9-14-26)22-21-37-35(41)46-36(2,3)4/h7-20,23-24,38H,6,21-22,25H2,1-5H3,(H,37,41). The molecule has 0 saturated heterocycles. The van der Waals surface area contributed by atoms with Crippen LogP contribution in [0.4, 0.5) is 16.2 Å². The zero-order valence-corrected chi connectivity index (χ0v) is 28.1. The molecule has 0 aliphatic heterocycles. The fourth-order valence-electron chi connectivity index (χ4n) is 4.86. The highest BCUT2D eigenvalue weighted by Crippen LogP contribution is 2.33. The summed E-state index contributed by atoms with van der Waals surface area (Å²) in [5, 5.41) is 2.79. The molecule has 0 aliphatic rings. The molecule has 248 valence electrons. The molecule has 0 spiro atoms. The first kappa shape index (κ1) is 34.8. The largest absolute Gasteiger partial charge is 0.495 e. The predicted molar refractivity (Wildman–Crippen MR) is 183 cm³/mol. The lowest BCUT2D eigenvalue weighted by Gasteiger charge is -2.26. The van der Waals surface area contributed by atoms with Gasteiger partial charge in [0.15, 0.2) is 0 Å². The number of carbonyl (C=O) groups excluding carboxylic acids is 2. The Morgan fingerprint density at radius 1 is 0.872 bits per heavy atom. The summed E-state index contributed by atoms with van der Waals surface area (Å²) in [6, 6.07) is 28.5. The van der Waals surface area contributed by atoms with Crippen LogP contribution < -0.4 is 19.7 Å². The Labute approximate surface area is 276 Å². The second-order valence-electron chi connectivity index (χ2n) is 11.6. The number of nitrogens with one attached hydrogen (secondary N) is 2. The average molecular weight is 660 g/mol. The molecule has 1 amide bonds. The van der Waals surface area contributed by atoms with Crippen LogP contribution in [0.5, 0.6) is 5.75 Å². The molecular formula is C36H41N3O7S. The van der Waals surface area contributed by atoms with E-state index in [0.29, 0.717) is 42.0 Å². The van der Waals surface area contributed by atoms with E-state index in [1.54, 1.807) is 82.3 Å². The van der Waals surface area contributed by atoms with E-state index in [1.807, 2.05) is 41.3 Å². The number of esters is 1. The second-order valence-corrected chi connectivity index (χ2v) is 13.3. The van der Waals surface area contributed by atoms with Crippen molar-refractivity contribution in [2.24, 2.45) is 0 Å². The number of alkyl carbamates (subject to hydrolysis) is 1. The maximum Gasteiger partial charge on any atom is 0.407 e. The van der Waals surface area contributed by atoms with Crippen LogP contribution in [0.25, 0.3) is 11.1 Å². The Morgan fingerprint density at radius 2 is 1.60 bits per heavy atom. The maximum absolute atomic E-state index is 13.9. The Morgan fingerprint density at radius 3 is 2.30 bits per heavy atom. The van der Waals surface area contributed by atoms with Crippen molar-refractivity contribution in [3.63, 3.8) is 0 Å². The van der Waals surface area contributed by atoms with Gasteiger partial charge < -0.3 is 24.4 Å². The van der Waals surface area contributed by atoms with Crippen LogP contribution >= 0.6 is 0 Å². The molecule has 4 aromatic carbocycles. The highest BCUT2D eigenvalue weighted by molar-refractivity contribution is 7.92. The van der Waals surface area contributed by atoms with Crippen molar-refractivity contribution in [1.82, 2.24) is 5.32 Å². The van der Waals surface area contributed by atoms with Gasteiger partial charge in [-0.3, -0.25) is 4.72 Å². The molecule has 0 unspecified atom stereocenters. The lowest BCUT2D eigenvalue weighted by Crippen LogP contribution is -2.38. The van der Waals surface area contributed by atoms with Crippen molar-refractivity contribution >= 4 is 33.5 Å². The zero-order valence-electron chi connectivity index (χ0n) is 27.3. The fraction of sp³-hybridized carbons (Fsp3) is 0.278. The van der Waals surface area contributed by atoms with Gasteiger partial charge in [-0.2, -0.15) is 0 Å². The topological polar surface area (TPSA) is 123 Å². The van der Waals surface area contributed by atoms with Gasteiger partial charge in [-0.05, 0) is 80.8 Å². The molecule has 2 N–H and O–H groups in total. The third-order valence-corrected chi connectivity index (χ3v) is 8.32. The van der Waals surface area contributed by atoms with Crippen LogP contribution in [0.2, 0.25) is 0 Å². The van der Waals surface area contributed by atoms with Gasteiger partial charge in [0.05, 0.1) is 25.0 Å². The smallest absolute Gasteiger partial charge is 0.407 e. The van der Waals surface area contributed by atoms with Gasteiger partial charge in [-0.15, -0.1) is 0 Å². The summed E-state index contributed by atoms with van der Waals surface area (Å²) in [6.45, 7) is 8.58. The van der Waals surface area contributed by atoms with E-state index in [1.165, 1.54) is 13.2 Å². The van der Waals surface area contributed by atoms with Crippen LogP contribution in [0.3, 0.4) is 0 Å². The summed E-state index contributed by atoms with van der Waals surface area (Å²) in [6.07, 6.45) is -0.514. The summed E-state index contributed by atoms with van der Waals surface area (Å²) < 4.78 is 46.4. The van der Waals surface area contributed by atoms with E-state index in [4.69, 9.17) is 14.2 Å². The minimum absolute atomic E-state index is 0.0933. The number of amides is 1. The first-order chi connectivity index (χ1) is 22.4. The number of carbonyl (C=O) groups is 2. The highest BCUT2D eigenvalue weighted by atomic mass is 32.2. The van der Waals surface area contributed by atoms with Crippen LogP contribution in [-0.2, 0) is 26.0 Å². The second kappa shape index (κ2) is 15.5. The first-order valence-corrected chi connectivity index (χ1v) is 16.7. The van der Waals surface area contributed by atoms with Crippen molar-refractivity contribution < 1.29 is 32.2 Å². The number of sulfonamides is 1. The summed E-state index contributed by atoms with van der Waals surface area (Å²) in [5.41, 5.74) is 2.86. The molecule has 0 aromatic heterocycles. The molecule has 47 heavy (non-hydrogen) atoms. The van der Waals surface area contributed by atoms with E-state index in [-0.39, 0.29) is 17.3 Å². The lowest BCUT2D eigenvalue weighted by atomic mass is 9.99. The average Bonchev–Trinajstić information content (AvgIpc) is 3.03. The van der Waals surface area contributed by atoms with Gasteiger partial charge in [-0.25, -0.2) is 18.0 Å². The Balaban J connectivity index is 1.62. The zero-order chi connectivity index (χ0) is 34.0. The molecule has 0 heterocycles. The van der Waals surface area contributed by atoms with Crippen LogP contribution in [0, 0.1) is 0 Å². The minimum atomic E-state index is -4.16. The molecule has 0 aliphatic carbocycles. The van der Waals surface area contributed by atoms with Gasteiger partial charge in [0, 0.05) is 25.3 Å². The molecule has 0 bridgehead atoms. The van der Waals surface area contributed by atoms with Gasteiger partial charge in [0.1, 0.15) is 16.2 Å². The van der Waals surface area contributed by atoms with E-state index in [0.717, 1.165) is 11.3 Å². The van der Waals surface area contributed by atoms with Crippen LogP contribution in [0.15, 0.2) is 102 Å². The van der Waals surface area contributed by atoms with E-state index in [9.17, 15) is 18.0 Å². The molecular weight excluding hydrogens is 618 g/mol. The number of ether oxygens (including phenoxy) is 3. The number of nitrogens with zero attached hydrogens (tertiary/aromatic N) is 1. The summed E-state index contributed by atoms with van der Waals surface area (Å²) >= 11 is 0. The number of methoxy groups -OCH3 is 1. The molecule has 10 nitrogen and oxygen atoms in total. The predicted octanol–water partition coefficient (Wildman–Crippen LogP) is 6.87. The molecule has 4 aromatic rings. The summed E-state index contributed by atoms with van der Waals surface area (Å²) in [4.78, 5) is 26.8. The van der Waals surface area contributed by atoms with Gasteiger partial charge >= 0.3 is 12.1 Å². The third kappa shape index (κ3) is 9.73. The number of hydrogen-bond donors (Lipinski definition) is 2. The molecule has 0 saturated carbocycles. The van der Waals surface area contributed by atoms with Crippen molar-refractivity contribution in [2.75, 3.05) is 36.4 Å². The normalized spacial score (nSPS) is 11.3. The summed E-state index contributed by atoms with van der Waals surface area (Å²) in [5.74, 6) is -0.357.